The van der Waals surface area contributed by atoms with Crippen molar-refractivity contribution in [3.63, 3.8) is 0 Å². The second-order valence-electron chi connectivity index (χ2n) is 3.81. The van der Waals surface area contributed by atoms with Crippen LogP contribution in [0.1, 0.15) is 13.3 Å². The van der Waals surface area contributed by atoms with Crippen LogP contribution >= 0.6 is 23.2 Å². The molecule has 0 saturated carbocycles. The van der Waals surface area contributed by atoms with Crippen molar-refractivity contribution in [2.24, 2.45) is 0 Å². The average molecular weight is 317 g/mol. The fourth-order valence-electron chi connectivity index (χ4n) is 1.36. The van der Waals surface area contributed by atoms with Crippen LogP contribution in [0.15, 0.2) is 18.2 Å². The van der Waals surface area contributed by atoms with Gasteiger partial charge < -0.3 is 10.1 Å². The summed E-state index contributed by atoms with van der Waals surface area (Å²) in [6, 6.07) is 4.29. The first-order valence-corrected chi connectivity index (χ1v) is 6.60. The summed E-state index contributed by atoms with van der Waals surface area (Å²) in [6.07, 6.45) is 0.803. The minimum absolute atomic E-state index is 0.0389. The Morgan fingerprint density at radius 1 is 1.25 bits per heavy atom. The summed E-state index contributed by atoms with van der Waals surface area (Å²) in [5.41, 5.74) is 0.179. The van der Waals surface area contributed by atoms with Gasteiger partial charge in [-0.05, 0) is 36.2 Å². The van der Waals surface area contributed by atoms with Crippen molar-refractivity contribution in [1.82, 2.24) is 15.0 Å². The molecule has 0 aliphatic carbocycles. The SMILES string of the molecule is CCCOc1nc(Cl)nc(Nc2ccc(Cl)cc2F)n1. The molecule has 0 aliphatic rings. The highest BCUT2D eigenvalue weighted by Gasteiger charge is 2.09. The fraction of sp³-hybridized carbons (Fsp3) is 0.250. The second-order valence-corrected chi connectivity index (χ2v) is 4.58. The molecule has 5 nitrogen and oxygen atoms in total. The third-order valence-corrected chi connectivity index (χ3v) is 2.60. The molecule has 106 valence electrons. The van der Waals surface area contributed by atoms with Crippen LogP contribution in [-0.4, -0.2) is 21.6 Å². The Morgan fingerprint density at radius 2 is 2.05 bits per heavy atom. The minimum atomic E-state index is -0.523. The molecular weight excluding hydrogens is 306 g/mol. The van der Waals surface area contributed by atoms with Gasteiger partial charge in [-0.15, -0.1) is 0 Å². The van der Waals surface area contributed by atoms with E-state index in [0.717, 1.165) is 6.42 Å². The zero-order chi connectivity index (χ0) is 14.5. The fourth-order valence-corrected chi connectivity index (χ4v) is 1.67. The molecule has 0 saturated heterocycles. The van der Waals surface area contributed by atoms with Gasteiger partial charge in [0.2, 0.25) is 11.2 Å². The number of anilines is 2. The first kappa shape index (κ1) is 14.7. The molecule has 0 radical (unpaired) electrons. The highest BCUT2D eigenvalue weighted by atomic mass is 35.5. The maximum atomic E-state index is 13.7. The summed E-state index contributed by atoms with van der Waals surface area (Å²) in [5, 5.41) is 2.96. The largest absolute Gasteiger partial charge is 0.463 e. The van der Waals surface area contributed by atoms with Crippen LogP contribution in [0.4, 0.5) is 16.0 Å². The van der Waals surface area contributed by atoms with E-state index in [4.69, 9.17) is 27.9 Å². The Balaban J connectivity index is 2.21. The van der Waals surface area contributed by atoms with E-state index in [2.05, 4.69) is 20.3 Å². The lowest BCUT2D eigenvalue weighted by Crippen LogP contribution is -2.05. The summed E-state index contributed by atoms with van der Waals surface area (Å²) in [7, 11) is 0. The Kier molecular flexibility index (Phi) is 4.92. The number of halogens is 3. The number of nitrogens with zero attached hydrogens (tertiary/aromatic N) is 3. The van der Waals surface area contributed by atoms with Gasteiger partial charge in [0, 0.05) is 5.02 Å². The molecule has 0 aliphatic heterocycles. The minimum Gasteiger partial charge on any atom is -0.463 e. The second kappa shape index (κ2) is 6.67. The molecule has 1 aromatic heterocycles. The molecule has 1 heterocycles. The highest BCUT2D eigenvalue weighted by Crippen LogP contribution is 2.22. The molecule has 20 heavy (non-hydrogen) atoms. The Morgan fingerprint density at radius 3 is 2.75 bits per heavy atom. The third kappa shape index (κ3) is 3.91. The van der Waals surface area contributed by atoms with E-state index in [1.165, 1.54) is 12.1 Å². The lowest BCUT2D eigenvalue weighted by atomic mass is 10.3. The number of aromatic nitrogens is 3. The monoisotopic (exact) mass is 316 g/mol. The van der Waals surface area contributed by atoms with Gasteiger partial charge in [-0.25, -0.2) is 4.39 Å². The van der Waals surface area contributed by atoms with Crippen molar-refractivity contribution in [3.8, 4) is 6.01 Å². The standard InChI is InChI=1S/C12H11Cl2FN4O/c1-2-5-20-12-18-10(14)17-11(19-12)16-9-4-3-7(13)6-8(9)15/h3-4,6H,2,5H2,1H3,(H,16,17,18,19). The van der Waals surface area contributed by atoms with Gasteiger partial charge in [-0.2, -0.15) is 15.0 Å². The van der Waals surface area contributed by atoms with Gasteiger partial charge in [0.1, 0.15) is 5.82 Å². The smallest absolute Gasteiger partial charge is 0.322 e. The zero-order valence-corrected chi connectivity index (χ0v) is 12.0. The Hall–Kier alpha value is -1.66. The van der Waals surface area contributed by atoms with Gasteiger partial charge >= 0.3 is 6.01 Å². The first-order valence-electron chi connectivity index (χ1n) is 5.85. The van der Waals surface area contributed by atoms with Crippen LogP contribution < -0.4 is 10.1 Å². The molecule has 2 aromatic rings. The lowest BCUT2D eigenvalue weighted by Gasteiger charge is -2.08. The molecule has 0 unspecified atom stereocenters. The van der Waals surface area contributed by atoms with E-state index in [9.17, 15) is 4.39 Å². The number of nitrogens with one attached hydrogen (secondary N) is 1. The van der Waals surface area contributed by atoms with Gasteiger partial charge in [-0.3, -0.25) is 0 Å². The molecule has 1 N–H and O–H groups in total. The van der Waals surface area contributed by atoms with Crippen LogP contribution in [0.5, 0.6) is 6.01 Å². The summed E-state index contributed by atoms with van der Waals surface area (Å²) >= 11 is 11.4. The van der Waals surface area contributed by atoms with Crippen molar-refractivity contribution in [2.45, 2.75) is 13.3 Å². The molecular formula is C12H11Cl2FN4O. The molecule has 0 bridgehead atoms. The number of rotatable bonds is 5. The van der Waals surface area contributed by atoms with Crippen LogP contribution in [0, 0.1) is 5.82 Å². The van der Waals surface area contributed by atoms with Crippen molar-refractivity contribution >= 4 is 34.8 Å². The van der Waals surface area contributed by atoms with Gasteiger partial charge in [0.05, 0.1) is 12.3 Å². The van der Waals surface area contributed by atoms with Crippen molar-refractivity contribution in [2.75, 3.05) is 11.9 Å². The number of hydrogen-bond donors (Lipinski definition) is 1. The van der Waals surface area contributed by atoms with Gasteiger partial charge in [-0.1, -0.05) is 18.5 Å². The Labute approximate surface area is 125 Å². The van der Waals surface area contributed by atoms with E-state index in [-0.39, 0.29) is 22.9 Å². The Bertz CT molecular complexity index is 612. The third-order valence-electron chi connectivity index (χ3n) is 2.20. The first-order chi connectivity index (χ1) is 9.58. The quantitative estimate of drug-likeness (QED) is 0.907. The normalized spacial score (nSPS) is 10.4. The van der Waals surface area contributed by atoms with E-state index >= 15 is 0 Å². The molecule has 0 spiro atoms. The lowest BCUT2D eigenvalue weighted by molar-refractivity contribution is 0.292. The maximum Gasteiger partial charge on any atom is 0.322 e. The summed E-state index contributed by atoms with van der Waals surface area (Å²) in [6.45, 7) is 2.40. The van der Waals surface area contributed by atoms with Gasteiger partial charge in [0.15, 0.2) is 0 Å². The molecule has 0 fully saturated rings. The predicted octanol–water partition coefficient (Wildman–Crippen LogP) is 3.85. The van der Waals surface area contributed by atoms with Crippen LogP contribution in [0.3, 0.4) is 0 Å². The zero-order valence-electron chi connectivity index (χ0n) is 10.5. The molecule has 1 aromatic carbocycles. The van der Waals surface area contributed by atoms with E-state index in [1.54, 1.807) is 6.07 Å². The van der Waals surface area contributed by atoms with Crippen molar-refractivity contribution in [3.05, 3.63) is 34.3 Å². The average Bonchev–Trinajstić information content (AvgIpc) is 2.39. The van der Waals surface area contributed by atoms with E-state index in [0.29, 0.717) is 11.6 Å². The molecule has 8 heteroatoms. The molecule has 0 amide bonds. The molecule has 2 rings (SSSR count). The maximum absolute atomic E-state index is 13.7. The van der Waals surface area contributed by atoms with Crippen molar-refractivity contribution in [1.29, 1.82) is 0 Å². The predicted molar refractivity (Wildman–Crippen MR) is 75.3 cm³/mol. The number of ether oxygens (including phenoxy) is 1. The van der Waals surface area contributed by atoms with Crippen LogP contribution in [0.2, 0.25) is 10.3 Å². The number of benzene rings is 1. The number of hydrogen-bond acceptors (Lipinski definition) is 5. The summed E-state index contributed by atoms with van der Waals surface area (Å²) in [5.74, 6) is -0.428. The van der Waals surface area contributed by atoms with Crippen LogP contribution in [0.25, 0.3) is 0 Å². The van der Waals surface area contributed by atoms with E-state index in [1.807, 2.05) is 6.92 Å². The van der Waals surface area contributed by atoms with Crippen molar-refractivity contribution < 1.29 is 9.13 Å². The van der Waals surface area contributed by atoms with Crippen LogP contribution in [-0.2, 0) is 0 Å². The molecule has 0 atom stereocenters. The highest BCUT2D eigenvalue weighted by molar-refractivity contribution is 6.30. The van der Waals surface area contributed by atoms with Gasteiger partial charge in [0.25, 0.3) is 0 Å². The summed E-state index contributed by atoms with van der Waals surface area (Å²) < 4.78 is 18.9. The van der Waals surface area contributed by atoms with E-state index < -0.39 is 5.82 Å². The summed E-state index contributed by atoms with van der Waals surface area (Å²) in [4.78, 5) is 11.7. The topological polar surface area (TPSA) is 59.9 Å².